The summed E-state index contributed by atoms with van der Waals surface area (Å²) in [6.45, 7) is 4.64. The van der Waals surface area contributed by atoms with Crippen molar-refractivity contribution in [1.29, 1.82) is 0 Å². The van der Waals surface area contributed by atoms with E-state index in [2.05, 4.69) is 10.3 Å². The molecular formula is C15H17F3N2S. The third-order valence-electron chi connectivity index (χ3n) is 3.25. The Labute approximate surface area is 126 Å². The van der Waals surface area contributed by atoms with Crippen molar-refractivity contribution >= 4 is 11.3 Å². The van der Waals surface area contributed by atoms with E-state index < -0.39 is 11.2 Å². The zero-order valence-electron chi connectivity index (χ0n) is 11.9. The van der Waals surface area contributed by atoms with Crippen molar-refractivity contribution in [3.8, 4) is 0 Å². The van der Waals surface area contributed by atoms with Gasteiger partial charge in [-0.2, -0.15) is 13.2 Å². The van der Waals surface area contributed by atoms with Gasteiger partial charge in [0.05, 0.1) is 0 Å². The number of aryl methyl sites for hydroxylation is 1. The second-order valence-electron chi connectivity index (χ2n) is 4.81. The third kappa shape index (κ3) is 4.04. The van der Waals surface area contributed by atoms with Gasteiger partial charge in [-0.05, 0) is 31.0 Å². The van der Waals surface area contributed by atoms with Gasteiger partial charge in [0.1, 0.15) is 0 Å². The molecule has 0 radical (unpaired) electrons. The molecule has 0 saturated carbocycles. The predicted octanol–water partition coefficient (Wildman–Crippen LogP) is 4.36. The van der Waals surface area contributed by atoms with Gasteiger partial charge in [-0.15, -0.1) is 11.3 Å². The number of nitrogens with zero attached hydrogens (tertiary/aromatic N) is 1. The highest BCUT2D eigenvalue weighted by atomic mass is 32.1. The first-order valence-corrected chi connectivity index (χ1v) is 7.54. The summed E-state index contributed by atoms with van der Waals surface area (Å²) in [5, 5.41) is 2.46. The number of rotatable bonds is 5. The van der Waals surface area contributed by atoms with Crippen molar-refractivity contribution in [1.82, 2.24) is 10.3 Å². The fourth-order valence-electron chi connectivity index (χ4n) is 2.16. The van der Waals surface area contributed by atoms with Crippen LogP contribution in [0.1, 0.15) is 34.0 Å². The Morgan fingerprint density at radius 2 is 2.00 bits per heavy atom. The second kappa shape index (κ2) is 6.58. The molecule has 6 heteroatoms. The molecule has 1 heterocycles. The van der Waals surface area contributed by atoms with Crippen LogP contribution in [0.25, 0.3) is 0 Å². The fraction of sp³-hybridized carbons (Fsp3) is 0.400. The van der Waals surface area contributed by atoms with Crippen LogP contribution in [0.15, 0.2) is 30.5 Å². The van der Waals surface area contributed by atoms with Gasteiger partial charge in [0.2, 0.25) is 0 Å². The lowest BCUT2D eigenvalue weighted by molar-refractivity contribution is -0.137. The van der Waals surface area contributed by atoms with E-state index in [1.807, 2.05) is 38.1 Å². The number of likely N-dealkylation sites (N-methyl/N-ethyl adjacent to an activating group) is 1. The largest absolute Gasteiger partial charge is 0.443 e. The quantitative estimate of drug-likeness (QED) is 0.887. The monoisotopic (exact) mass is 314 g/mol. The SMILES string of the molecule is CCNC(Cc1ccccc1C)c1cnc(C(F)(F)F)s1. The summed E-state index contributed by atoms with van der Waals surface area (Å²) in [6.07, 6.45) is -2.39. The molecule has 0 saturated heterocycles. The topological polar surface area (TPSA) is 24.9 Å². The second-order valence-corrected chi connectivity index (χ2v) is 5.87. The zero-order chi connectivity index (χ0) is 15.5. The molecule has 1 aromatic heterocycles. The van der Waals surface area contributed by atoms with Crippen LogP contribution in [0.3, 0.4) is 0 Å². The van der Waals surface area contributed by atoms with Crippen molar-refractivity contribution < 1.29 is 13.2 Å². The first-order valence-electron chi connectivity index (χ1n) is 6.72. The van der Waals surface area contributed by atoms with E-state index in [-0.39, 0.29) is 6.04 Å². The van der Waals surface area contributed by atoms with Crippen molar-refractivity contribution in [2.75, 3.05) is 6.54 Å². The Bertz CT molecular complexity index is 593. The van der Waals surface area contributed by atoms with Crippen molar-refractivity contribution in [3.63, 3.8) is 0 Å². The van der Waals surface area contributed by atoms with Crippen LogP contribution >= 0.6 is 11.3 Å². The highest BCUT2D eigenvalue weighted by molar-refractivity contribution is 7.11. The molecule has 1 aromatic carbocycles. The van der Waals surface area contributed by atoms with Gasteiger partial charge in [0.15, 0.2) is 5.01 Å². The van der Waals surface area contributed by atoms with Crippen molar-refractivity contribution in [2.24, 2.45) is 0 Å². The lowest BCUT2D eigenvalue weighted by Crippen LogP contribution is -2.22. The molecule has 2 aromatic rings. The molecule has 21 heavy (non-hydrogen) atoms. The van der Waals surface area contributed by atoms with Gasteiger partial charge in [-0.3, -0.25) is 0 Å². The van der Waals surface area contributed by atoms with Crippen LogP contribution in [-0.2, 0) is 12.6 Å². The fourth-order valence-corrected chi connectivity index (χ4v) is 3.02. The normalized spacial score (nSPS) is 13.4. The van der Waals surface area contributed by atoms with E-state index in [9.17, 15) is 13.2 Å². The van der Waals surface area contributed by atoms with Crippen molar-refractivity contribution in [3.05, 3.63) is 51.5 Å². The van der Waals surface area contributed by atoms with Gasteiger partial charge in [0, 0.05) is 17.1 Å². The highest BCUT2D eigenvalue weighted by Crippen LogP contribution is 2.35. The smallest absolute Gasteiger partial charge is 0.309 e. The number of hydrogen-bond donors (Lipinski definition) is 1. The Balaban J connectivity index is 2.23. The summed E-state index contributed by atoms with van der Waals surface area (Å²) in [5.41, 5.74) is 2.27. The maximum Gasteiger partial charge on any atom is 0.443 e. The molecule has 0 amide bonds. The molecule has 1 N–H and O–H groups in total. The number of hydrogen-bond acceptors (Lipinski definition) is 3. The van der Waals surface area contributed by atoms with E-state index in [0.717, 1.165) is 11.1 Å². The number of nitrogens with one attached hydrogen (secondary N) is 1. The summed E-state index contributed by atoms with van der Waals surface area (Å²) in [5.74, 6) is 0. The van der Waals surface area contributed by atoms with Gasteiger partial charge < -0.3 is 5.32 Å². The molecule has 0 aliphatic heterocycles. The van der Waals surface area contributed by atoms with Gasteiger partial charge in [0.25, 0.3) is 0 Å². The number of aromatic nitrogens is 1. The molecule has 114 valence electrons. The Hall–Kier alpha value is -1.40. The molecule has 0 spiro atoms. The van der Waals surface area contributed by atoms with Crippen LogP contribution in [0.4, 0.5) is 13.2 Å². The zero-order valence-corrected chi connectivity index (χ0v) is 12.7. The Kier molecular flexibility index (Phi) is 5.00. The first-order chi connectivity index (χ1) is 9.91. The average Bonchev–Trinajstić information content (AvgIpc) is 2.90. The molecule has 1 unspecified atom stereocenters. The van der Waals surface area contributed by atoms with Crippen LogP contribution in [0.2, 0.25) is 0 Å². The lowest BCUT2D eigenvalue weighted by atomic mass is 10.0. The molecule has 0 fully saturated rings. The molecule has 0 bridgehead atoms. The standard InChI is InChI=1S/C15H17F3N2S/c1-3-19-12(8-11-7-5-4-6-10(11)2)13-9-20-14(21-13)15(16,17)18/h4-7,9,12,19H,3,8H2,1-2H3. The summed E-state index contributed by atoms with van der Waals surface area (Å²) < 4.78 is 38.0. The van der Waals surface area contributed by atoms with Gasteiger partial charge in [-0.1, -0.05) is 31.2 Å². The van der Waals surface area contributed by atoms with E-state index >= 15 is 0 Å². The lowest BCUT2D eigenvalue weighted by Gasteiger charge is -2.17. The molecule has 2 nitrogen and oxygen atoms in total. The highest BCUT2D eigenvalue weighted by Gasteiger charge is 2.35. The molecule has 0 aliphatic rings. The van der Waals surface area contributed by atoms with Crippen LogP contribution in [-0.4, -0.2) is 11.5 Å². The maximum atomic E-state index is 12.7. The van der Waals surface area contributed by atoms with E-state index in [0.29, 0.717) is 29.2 Å². The minimum atomic E-state index is -4.37. The van der Waals surface area contributed by atoms with Crippen LogP contribution < -0.4 is 5.32 Å². The van der Waals surface area contributed by atoms with Crippen LogP contribution in [0, 0.1) is 6.92 Å². The summed E-state index contributed by atoms with van der Waals surface area (Å²) in [4.78, 5) is 4.13. The minimum absolute atomic E-state index is 0.148. The minimum Gasteiger partial charge on any atom is -0.309 e. The summed E-state index contributed by atoms with van der Waals surface area (Å²) in [6, 6.07) is 7.76. The van der Waals surface area contributed by atoms with Gasteiger partial charge in [-0.25, -0.2) is 4.98 Å². The summed E-state index contributed by atoms with van der Waals surface area (Å²) in [7, 11) is 0. The first kappa shape index (κ1) is 16.0. The van der Waals surface area contributed by atoms with E-state index in [4.69, 9.17) is 0 Å². The molecule has 2 rings (SSSR count). The molecule has 0 aliphatic carbocycles. The number of thiazole rings is 1. The maximum absolute atomic E-state index is 12.7. The Morgan fingerprint density at radius 3 is 2.57 bits per heavy atom. The number of alkyl halides is 3. The predicted molar refractivity (Wildman–Crippen MR) is 78.4 cm³/mol. The van der Waals surface area contributed by atoms with Crippen molar-refractivity contribution in [2.45, 2.75) is 32.5 Å². The average molecular weight is 314 g/mol. The molecular weight excluding hydrogens is 297 g/mol. The van der Waals surface area contributed by atoms with Crippen LogP contribution in [0.5, 0.6) is 0 Å². The number of halogens is 3. The Morgan fingerprint density at radius 1 is 1.29 bits per heavy atom. The van der Waals surface area contributed by atoms with Gasteiger partial charge >= 0.3 is 6.18 Å². The third-order valence-corrected chi connectivity index (χ3v) is 4.40. The summed E-state index contributed by atoms with van der Waals surface area (Å²) >= 11 is 0.714. The number of benzene rings is 1. The molecule has 1 atom stereocenters. The van der Waals surface area contributed by atoms with E-state index in [1.165, 1.54) is 6.20 Å². The van der Waals surface area contributed by atoms with E-state index in [1.54, 1.807) is 0 Å².